The maximum absolute atomic E-state index is 13.5. The molecule has 0 aliphatic carbocycles. The van der Waals surface area contributed by atoms with E-state index in [0.29, 0.717) is 10.0 Å². The topological polar surface area (TPSA) is 49.3 Å². The van der Waals surface area contributed by atoms with Gasteiger partial charge in [0.15, 0.2) is 0 Å². The first-order chi connectivity index (χ1) is 9.58. The number of carbonyl (C=O) groups is 1. The van der Waals surface area contributed by atoms with Crippen molar-refractivity contribution in [3.8, 4) is 0 Å². The van der Waals surface area contributed by atoms with Gasteiger partial charge in [-0.25, -0.2) is 4.39 Å². The predicted octanol–water partition coefficient (Wildman–Crippen LogP) is 3.05. The third-order valence-electron chi connectivity index (χ3n) is 2.81. The molecule has 20 heavy (non-hydrogen) atoms. The maximum atomic E-state index is 13.5. The number of hydrogen-bond acceptors (Lipinski definition) is 2. The van der Waals surface area contributed by atoms with Crippen molar-refractivity contribution in [2.45, 2.75) is 6.10 Å². The van der Waals surface area contributed by atoms with Crippen LogP contribution in [0.3, 0.4) is 0 Å². The molecule has 0 radical (unpaired) electrons. The quantitative estimate of drug-likeness (QED) is 0.900. The normalized spacial score (nSPS) is 11.9. The molecule has 0 aliphatic rings. The number of nitrogens with one attached hydrogen (secondary N) is 1. The van der Waals surface area contributed by atoms with Gasteiger partial charge in [-0.1, -0.05) is 46.3 Å². The smallest absolute Gasteiger partial charge is 0.254 e. The molecule has 0 aromatic heterocycles. The van der Waals surface area contributed by atoms with Gasteiger partial charge in [0.1, 0.15) is 5.82 Å². The van der Waals surface area contributed by atoms with Crippen LogP contribution in [-0.4, -0.2) is 17.6 Å². The highest BCUT2D eigenvalue weighted by Gasteiger charge is 2.14. The molecule has 0 saturated carbocycles. The van der Waals surface area contributed by atoms with Crippen LogP contribution in [-0.2, 0) is 0 Å². The van der Waals surface area contributed by atoms with Gasteiger partial charge in [-0.15, -0.1) is 0 Å². The van der Waals surface area contributed by atoms with Crippen LogP contribution < -0.4 is 5.32 Å². The van der Waals surface area contributed by atoms with Gasteiger partial charge in [-0.2, -0.15) is 0 Å². The lowest BCUT2D eigenvalue weighted by Crippen LogP contribution is -2.29. The summed E-state index contributed by atoms with van der Waals surface area (Å²) in [7, 11) is 0. The van der Waals surface area contributed by atoms with Gasteiger partial charge in [0, 0.05) is 11.0 Å². The van der Waals surface area contributed by atoms with E-state index in [1.165, 1.54) is 18.2 Å². The zero-order chi connectivity index (χ0) is 14.5. The maximum Gasteiger partial charge on any atom is 0.254 e. The molecule has 104 valence electrons. The molecule has 2 aromatic rings. The van der Waals surface area contributed by atoms with Gasteiger partial charge < -0.3 is 10.4 Å². The fourth-order valence-corrected chi connectivity index (χ4v) is 2.11. The second-order valence-corrected chi connectivity index (χ2v) is 5.18. The largest absolute Gasteiger partial charge is 0.387 e. The van der Waals surface area contributed by atoms with Gasteiger partial charge in [0.05, 0.1) is 11.7 Å². The van der Waals surface area contributed by atoms with Gasteiger partial charge in [0.25, 0.3) is 5.91 Å². The molecule has 0 aliphatic heterocycles. The molecular weight excluding hydrogens is 325 g/mol. The van der Waals surface area contributed by atoms with E-state index in [4.69, 9.17) is 0 Å². The van der Waals surface area contributed by atoms with Crippen LogP contribution >= 0.6 is 15.9 Å². The molecule has 0 spiro atoms. The number of carbonyl (C=O) groups excluding carboxylic acids is 1. The Kier molecular flexibility index (Phi) is 4.87. The molecule has 0 fully saturated rings. The minimum Gasteiger partial charge on any atom is -0.387 e. The van der Waals surface area contributed by atoms with Crippen LogP contribution in [0, 0.1) is 5.82 Å². The Morgan fingerprint density at radius 3 is 2.65 bits per heavy atom. The number of halogens is 2. The van der Waals surface area contributed by atoms with E-state index >= 15 is 0 Å². The van der Waals surface area contributed by atoms with Gasteiger partial charge >= 0.3 is 0 Å². The van der Waals surface area contributed by atoms with Crippen LogP contribution in [0.4, 0.5) is 4.39 Å². The van der Waals surface area contributed by atoms with E-state index in [1.54, 1.807) is 24.3 Å². The standard InChI is InChI=1S/C15H13BrFNO2/c16-11-6-7-13(17)12(8-11)15(20)18-9-14(19)10-4-2-1-3-5-10/h1-8,14,19H,9H2,(H,18,20). The summed E-state index contributed by atoms with van der Waals surface area (Å²) >= 11 is 3.19. The Morgan fingerprint density at radius 1 is 1.25 bits per heavy atom. The molecule has 2 N–H and O–H groups in total. The van der Waals surface area contributed by atoms with Crippen molar-refractivity contribution in [3.05, 3.63) is 69.9 Å². The Bertz CT molecular complexity index is 604. The molecule has 1 unspecified atom stereocenters. The highest BCUT2D eigenvalue weighted by molar-refractivity contribution is 9.10. The molecule has 0 saturated heterocycles. The second kappa shape index (κ2) is 6.63. The zero-order valence-corrected chi connectivity index (χ0v) is 12.1. The van der Waals surface area contributed by atoms with Crippen molar-refractivity contribution < 1.29 is 14.3 Å². The van der Waals surface area contributed by atoms with Crippen molar-refractivity contribution >= 4 is 21.8 Å². The van der Waals surface area contributed by atoms with Gasteiger partial charge in [-0.3, -0.25) is 4.79 Å². The lowest BCUT2D eigenvalue weighted by molar-refractivity contribution is 0.0912. The Hall–Kier alpha value is -1.72. The number of benzene rings is 2. The summed E-state index contributed by atoms with van der Waals surface area (Å²) in [6, 6.07) is 13.1. The van der Waals surface area contributed by atoms with Crippen molar-refractivity contribution in [1.82, 2.24) is 5.32 Å². The molecule has 2 rings (SSSR count). The summed E-state index contributed by atoms with van der Waals surface area (Å²) < 4.78 is 14.1. The summed E-state index contributed by atoms with van der Waals surface area (Å²) in [5, 5.41) is 12.4. The summed E-state index contributed by atoms with van der Waals surface area (Å²) in [4.78, 5) is 11.9. The number of hydrogen-bond donors (Lipinski definition) is 2. The molecule has 0 heterocycles. The minimum absolute atomic E-state index is 0.0226. The van der Waals surface area contributed by atoms with E-state index in [2.05, 4.69) is 21.2 Å². The third-order valence-corrected chi connectivity index (χ3v) is 3.31. The highest BCUT2D eigenvalue weighted by Crippen LogP contribution is 2.16. The minimum atomic E-state index is -0.824. The molecule has 1 atom stereocenters. The molecular formula is C15H13BrFNO2. The third kappa shape index (κ3) is 3.65. The zero-order valence-electron chi connectivity index (χ0n) is 10.5. The monoisotopic (exact) mass is 337 g/mol. The molecule has 5 heteroatoms. The Labute approximate surface area is 124 Å². The predicted molar refractivity (Wildman–Crippen MR) is 77.8 cm³/mol. The van der Waals surface area contributed by atoms with E-state index < -0.39 is 17.8 Å². The number of aliphatic hydroxyl groups excluding tert-OH is 1. The van der Waals surface area contributed by atoms with E-state index in [0.717, 1.165) is 0 Å². The van der Waals surface area contributed by atoms with Gasteiger partial charge in [-0.05, 0) is 23.8 Å². The second-order valence-electron chi connectivity index (χ2n) is 4.26. The fourth-order valence-electron chi connectivity index (χ4n) is 1.75. The number of amides is 1. The SMILES string of the molecule is O=C(NCC(O)c1ccccc1)c1cc(Br)ccc1F. The molecule has 1 amide bonds. The Morgan fingerprint density at radius 2 is 1.95 bits per heavy atom. The van der Waals surface area contributed by atoms with E-state index in [-0.39, 0.29) is 12.1 Å². The van der Waals surface area contributed by atoms with Crippen molar-refractivity contribution in [2.75, 3.05) is 6.54 Å². The highest BCUT2D eigenvalue weighted by atomic mass is 79.9. The lowest BCUT2D eigenvalue weighted by Gasteiger charge is -2.12. The average molecular weight is 338 g/mol. The van der Waals surface area contributed by atoms with Crippen LogP contribution in [0.5, 0.6) is 0 Å². The van der Waals surface area contributed by atoms with Crippen LogP contribution in [0.1, 0.15) is 22.0 Å². The first kappa shape index (κ1) is 14.7. The molecule has 3 nitrogen and oxygen atoms in total. The van der Waals surface area contributed by atoms with E-state index in [1.807, 2.05) is 6.07 Å². The summed E-state index contributed by atoms with van der Waals surface area (Å²) in [5.41, 5.74) is 0.641. The first-order valence-corrected chi connectivity index (χ1v) is 6.83. The molecule has 0 bridgehead atoms. The van der Waals surface area contributed by atoms with E-state index in [9.17, 15) is 14.3 Å². The fraction of sp³-hybridized carbons (Fsp3) is 0.133. The van der Waals surface area contributed by atoms with Crippen LogP contribution in [0.25, 0.3) is 0 Å². The van der Waals surface area contributed by atoms with Gasteiger partial charge in [0.2, 0.25) is 0 Å². The van der Waals surface area contributed by atoms with Crippen LogP contribution in [0.15, 0.2) is 53.0 Å². The number of aliphatic hydroxyl groups is 1. The summed E-state index contributed by atoms with van der Waals surface area (Å²) in [6.45, 7) is 0.0226. The summed E-state index contributed by atoms with van der Waals surface area (Å²) in [5.74, 6) is -1.15. The van der Waals surface area contributed by atoms with Crippen LogP contribution in [0.2, 0.25) is 0 Å². The first-order valence-electron chi connectivity index (χ1n) is 6.04. The van der Waals surface area contributed by atoms with Crippen molar-refractivity contribution in [3.63, 3.8) is 0 Å². The lowest BCUT2D eigenvalue weighted by atomic mass is 10.1. The van der Waals surface area contributed by atoms with Crippen molar-refractivity contribution in [2.24, 2.45) is 0 Å². The average Bonchev–Trinajstić information content (AvgIpc) is 2.47. The van der Waals surface area contributed by atoms with Crippen molar-refractivity contribution in [1.29, 1.82) is 0 Å². The Balaban J connectivity index is 2.00. The number of rotatable bonds is 4. The molecule has 2 aromatic carbocycles. The summed E-state index contributed by atoms with van der Waals surface area (Å²) in [6.07, 6.45) is -0.824.